The van der Waals surface area contributed by atoms with E-state index in [4.69, 9.17) is 5.73 Å². The molecule has 0 unspecified atom stereocenters. The Balaban J connectivity index is 3.31. The molecule has 0 amide bonds. The molecule has 108 valence electrons. The largest absolute Gasteiger partial charge is 0.395 e. The van der Waals surface area contributed by atoms with Gasteiger partial charge in [-0.2, -0.15) is 4.31 Å². The van der Waals surface area contributed by atoms with E-state index in [-0.39, 0.29) is 22.5 Å². The molecule has 0 fully saturated rings. The van der Waals surface area contributed by atoms with Crippen LogP contribution >= 0.6 is 0 Å². The zero-order chi connectivity index (χ0) is 14.8. The Kier molecular flexibility index (Phi) is 4.92. The average molecular weight is 288 g/mol. The summed E-state index contributed by atoms with van der Waals surface area (Å²) in [5.74, 6) is -0.540. The van der Waals surface area contributed by atoms with Crippen LogP contribution in [0.4, 0.5) is 10.1 Å². The van der Waals surface area contributed by atoms with E-state index in [0.717, 1.165) is 6.07 Å². The van der Waals surface area contributed by atoms with E-state index in [1.807, 2.05) is 13.8 Å². The van der Waals surface area contributed by atoms with E-state index in [1.54, 1.807) is 13.8 Å². The van der Waals surface area contributed by atoms with Gasteiger partial charge in [-0.1, -0.05) is 19.9 Å². The fourth-order valence-electron chi connectivity index (χ4n) is 1.81. The molecule has 2 N–H and O–H groups in total. The van der Waals surface area contributed by atoms with Crippen molar-refractivity contribution in [2.45, 2.75) is 38.6 Å². The van der Waals surface area contributed by atoms with E-state index in [9.17, 15) is 12.8 Å². The Bertz CT molecular complexity index is 542. The Morgan fingerprint density at radius 2 is 1.84 bits per heavy atom. The van der Waals surface area contributed by atoms with Crippen LogP contribution in [0, 0.1) is 11.7 Å². The maximum atomic E-state index is 13.4. The highest BCUT2D eigenvalue weighted by Gasteiger charge is 2.29. The van der Waals surface area contributed by atoms with Gasteiger partial charge >= 0.3 is 0 Å². The van der Waals surface area contributed by atoms with Gasteiger partial charge in [0.05, 0.1) is 5.69 Å². The minimum atomic E-state index is -3.78. The minimum Gasteiger partial charge on any atom is -0.395 e. The molecule has 0 aromatic heterocycles. The van der Waals surface area contributed by atoms with Gasteiger partial charge in [-0.25, -0.2) is 12.8 Å². The van der Waals surface area contributed by atoms with Gasteiger partial charge < -0.3 is 5.73 Å². The van der Waals surface area contributed by atoms with E-state index in [0.29, 0.717) is 6.54 Å². The lowest BCUT2D eigenvalue weighted by Gasteiger charge is -2.28. The first kappa shape index (κ1) is 15.9. The van der Waals surface area contributed by atoms with E-state index < -0.39 is 15.8 Å². The van der Waals surface area contributed by atoms with Crippen molar-refractivity contribution in [3.63, 3.8) is 0 Å². The highest BCUT2D eigenvalue weighted by atomic mass is 32.2. The Hall–Kier alpha value is -1.14. The number of nitrogens with zero attached hydrogens (tertiary/aromatic N) is 1. The molecule has 0 aliphatic heterocycles. The number of hydrogen-bond acceptors (Lipinski definition) is 3. The molecule has 0 spiro atoms. The predicted octanol–water partition coefficient (Wildman–Crippen LogP) is 2.46. The number of hydrogen-bond donors (Lipinski definition) is 1. The maximum absolute atomic E-state index is 13.4. The van der Waals surface area contributed by atoms with Gasteiger partial charge in [-0.3, -0.25) is 0 Å². The van der Waals surface area contributed by atoms with Crippen molar-refractivity contribution in [1.82, 2.24) is 4.31 Å². The third-order valence-corrected chi connectivity index (χ3v) is 4.82. The molecular weight excluding hydrogens is 267 g/mol. The maximum Gasteiger partial charge on any atom is 0.245 e. The topological polar surface area (TPSA) is 63.4 Å². The molecule has 1 aromatic rings. The summed E-state index contributed by atoms with van der Waals surface area (Å²) in [6, 6.07) is 3.63. The number of para-hydroxylation sites is 1. The molecule has 0 saturated carbocycles. The number of sulfonamides is 1. The quantitative estimate of drug-likeness (QED) is 0.847. The molecule has 6 heteroatoms. The third kappa shape index (κ3) is 3.45. The zero-order valence-electron chi connectivity index (χ0n) is 11.7. The van der Waals surface area contributed by atoms with Crippen LogP contribution in [-0.2, 0) is 10.0 Å². The molecule has 4 nitrogen and oxygen atoms in total. The lowest BCUT2D eigenvalue weighted by molar-refractivity contribution is 0.319. The smallest absolute Gasteiger partial charge is 0.245 e. The van der Waals surface area contributed by atoms with Crippen molar-refractivity contribution in [3.8, 4) is 0 Å². The predicted molar refractivity (Wildman–Crippen MR) is 74.7 cm³/mol. The molecule has 0 atom stereocenters. The van der Waals surface area contributed by atoms with Gasteiger partial charge in [0.2, 0.25) is 10.0 Å². The SMILES string of the molecule is CC(C)CN(C(C)C)S(=O)(=O)c1cccc(F)c1N. The van der Waals surface area contributed by atoms with Crippen LogP contribution in [0.25, 0.3) is 0 Å². The monoisotopic (exact) mass is 288 g/mol. The Labute approximate surface area is 114 Å². The van der Waals surface area contributed by atoms with E-state index in [2.05, 4.69) is 0 Å². The van der Waals surface area contributed by atoms with E-state index in [1.165, 1.54) is 16.4 Å². The number of nitrogen functional groups attached to an aromatic ring is 1. The first-order valence-corrected chi connectivity index (χ1v) is 7.67. The fraction of sp³-hybridized carbons (Fsp3) is 0.538. The first-order valence-electron chi connectivity index (χ1n) is 6.23. The second-order valence-corrected chi connectivity index (χ2v) is 7.07. The van der Waals surface area contributed by atoms with Gasteiger partial charge in [0.1, 0.15) is 10.7 Å². The second kappa shape index (κ2) is 5.88. The molecule has 0 heterocycles. The summed E-state index contributed by atoms with van der Waals surface area (Å²) in [5.41, 5.74) is 5.23. The molecule has 1 rings (SSSR count). The number of halogens is 1. The molecular formula is C13H21FN2O2S. The van der Waals surface area contributed by atoms with Crippen LogP contribution in [0.3, 0.4) is 0 Å². The highest BCUT2D eigenvalue weighted by molar-refractivity contribution is 7.89. The van der Waals surface area contributed by atoms with Crippen molar-refractivity contribution < 1.29 is 12.8 Å². The van der Waals surface area contributed by atoms with Crippen LogP contribution in [0.2, 0.25) is 0 Å². The summed E-state index contributed by atoms with van der Waals surface area (Å²) in [7, 11) is -3.78. The van der Waals surface area contributed by atoms with Gasteiger partial charge in [-0.15, -0.1) is 0 Å². The number of benzene rings is 1. The van der Waals surface area contributed by atoms with Crippen molar-refractivity contribution >= 4 is 15.7 Å². The van der Waals surface area contributed by atoms with Crippen LogP contribution < -0.4 is 5.73 Å². The summed E-state index contributed by atoms with van der Waals surface area (Å²) in [6.07, 6.45) is 0. The average Bonchev–Trinajstić information content (AvgIpc) is 2.28. The van der Waals surface area contributed by atoms with Crippen LogP contribution in [0.5, 0.6) is 0 Å². The third-order valence-electron chi connectivity index (χ3n) is 2.72. The fourth-order valence-corrected chi connectivity index (χ4v) is 3.74. The number of rotatable bonds is 5. The molecule has 19 heavy (non-hydrogen) atoms. The second-order valence-electron chi connectivity index (χ2n) is 5.21. The van der Waals surface area contributed by atoms with Crippen molar-refractivity contribution in [3.05, 3.63) is 24.0 Å². The molecule has 0 radical (unpaired) electrons. The van der Waals surface area contributed by atoms with Crippen molar-refractivity contribution in [1.29, 1.82) is 0 Å². The lowest BCUT2D eigenvalue weighted by Crippen LogP contribution is -2.39. The van der Waals surface area contributed by atoms with Crippen LogP contribution in [-0.4, -0.2) is 25.3 Å². The van der Waals surface area contributed by atoms with Gasteiger partial charge in [0, 0.05) is 12.6 Å². The number of nitrogens with two attached hydrogens (primary N) is 1. The molecule has 0 bridgehead atoms. The molecule has 1 aromatic carbocycles. The van der Waals surface area contributed by atoms with Crippen molar-refractivity contribution in [2.24, 2.45) is 5.92 Å². The normalized spacial score (nSPS) is 12.6. The van der Waals surface area contributed by atoms with Gasteiger partial charge in [-0.05, 0) is 31.9 Å². The zero-order valence-corrected chi connectivity index (χ0v) is 12.5. The summed E-state index contributed by atoms with van der Waals surface area (Å²) in [4.78, 5) is -0.165. The summed E-state index contributed by atoms with van der Waals surface area (Å²) >= 11 is 0. The highest BCUT2D eigenvalue weighted by Crippen LogP contribution is 2.26. The summed E-state index contributed by atoms with van der Waals surface area (Å²) in [6.45, 7) is 7.81. The number of anilines is 1. The Morgan fingerprint density at radius 3 is 2.32 bits per heavy atom. The van der Waals surface area contributed by atoms with Crippen LogP contribution in [0.15, 0.2) is 23.1 Å². The molecule has 0 aliphatic rings. The lowest BCUT2D eigenvalue weighted by atomic mass is 10.2. The molecule has 0 aliphatic carbocycles. The van der Waals surface area contributed by atoms with E-state index >= 15 is 0 Å². The molecule has 0 saturated heterocycles. The minimum absolute atomic E-state index is 0.165. The van der Waals surface area contributed by atoms with Crippen molar-refractivity contribution in [2.75, 3.05) is 12.3 Å². The summed E-state index contributed by atoms with van der Waals surface area (Å²) in [5, 5.41) is 0. The van der Waals surface area contributed by atoms with Gasteiger partial charge in [0.15, 0.2) is 0 Å². The van der Waals surface area contributed by atoms with Crippen LogP contribution in [0.1, 0.15) is 27.7 Å². The first-order chi connectivity index (χ1) is 8.67. The van der Waals surface area contributed by atoms with Gasteiger partial charge in [0.25, 0.3) is 0 Å². The standard InChI is InChI=1S/C13H21FN2O2S/c1-9(2)8-16(10(3)4)19(17,18)12-7-5-6-11(14)13(12)15/h5-7,9-10H,8,15H2,1-4H3. The summed E-state index contributed by atoms with van der Waals surface area (Å²) < 4.78 is 39.9. The Morgan fingerprint density at radius 1 is 1.26 bits per heavy atom.